The van der Waals surface area contributed by atoms with Gasteiger partial charge in [0, 0.05) is 38.1 Å². The summed E-state index contributed by atoms with van der Waals surface area (Å²) in [6, 6.07) is 7.48. The van der Waals surface area contributed by atoms with Crippen LogP contribution in [0.5, 0.6) is 0 Å². The van der Waals surface area contributed by atoms with Crippen molar-refractivity contribution < 1.29 is 19.1 Å². The number of rotatable bonds is 7. The third kappa shape index (κ3) is 4.10. The molecule has 1 fully saturated rings. The zero-order valence-electron chi connectivity index (χ0n) is 13.2. The van der Waals surface area contributed by atoms with Crippen molar-refractivity contribution in [3.8, 4) is 0 Å². The van der Waals surface area contributed by atoms with Crippen molar-refractivity contribution in [1.82, 2.24) is 5.32 Å². The van der Waals surface area contributed by atoms with Crippen molar-refractivity contribution in [2.45, 2.75) is 31.1 Å². The summed E-state index contributed by atoms with van der Waals surface area (Å²) in [5.74, 6) is -0.328. The molecule has 2 rings (SSSR count). The number of alkyl halides is 1. The second-order valence-corrected chi connectivity index (χ2v) is 6.04. The van der Waals surface area contributed by atoms with E-state index in [2.05, 4.69) is 26.6 Å². The average molecular weight is 385 g/mol. The smallest absolute Gasteiger partial charge is 0.251 e. The molecule has 1 aliphatic rings. The van der Waals surface area contributed by atoms with E-state index in [1.54, 1.807) is 14.2 Å². The number of hydrogen-bond donors (Lipinski definition) is 2. The SMILES string of the molecule is COC(Cc1ccccc1NC(=O)C1(CBr)CCC(=O)N1)OC. The molecule has 1 saturated heterocycles. The molecule has 0 radical (unpaired) electrons. The zero-order valence-corrected chi connectivity index (χ0v) is 14.8. The molecular weight excluding hydrogens is 364 g/mol. The van der Waals surface area contributed by atoms with E-state index in [4.69, 9.17) is 9.47 Å². The van der Waals surface area contributed by atoms with Crippen LogP contribution >= 0.6 is 15.9 Å². The molecule has 1 aliphatic heterocycles. The van der Waals surface area contributed by atoms with Crippen molar-refractivity contribution in [3.05, 3.63) is 29.8 Å². The Morgan fingerprint density at radius 2 is 2.09 bits per heavy atom. The van der Waals surface area contributed by atoms with Gasteiger partial charge in [0.15, 0.2) is 6.29 Å². The molecule has 0 bridgehead atoms. The summed E-state index contributed by atoms with van der Waals surface area (Å²) >= 11 is 3.34. The van der Waals surface area contributed by atoms with Crippen LogP contribution < -0.4 is 10.6 Å². The van der Waals surface area contributed by atoms with Gasteiger partial charge in [0.2, 0.25) is 5.91 Å². The molecule has 1 heterocycles. The third-order valence-electron chi connectivity index (χ3n) is 4.00. The van der Waals surface area contributed by atoms with Gasteiger partial charge in [-0.25, -0.2) is 0 Å². The van der Waals surface area contributed by atoms with Crippen molar-refractivity contribution >= 4 is 33.4 Å². The average Bonchev–Trinajstić information content (AvgIpc) is 2.96. The first-order valence-corrected chi connectivity index (χ1v) is 8.48. The lowest BCUT2D eigenvalue weighted by Gasteiger charge is -2.26. The Morgan fingerprint density at radius 3 is 2.65 bits per heavy atom. The van der Waals surface area contributed by atoms with E-state index in [0.717, 1.165) is 5.56 Å². The number of para-hydroxylation sites is 1. The summed E-state index contributed by atoms with van der Waals surface area (Å²) in [4.78, 5) is 24.2. The summed E-state index contributed by atoms with van der Waals surface area (Å²) in [5, 5.41) is 6.07. The molecule has 0 saturated carbocycles. The number of amides is 2. The highest BCUT2D eigenvalue weighted by Gasteiger charge is 2.43. The molecule has 1 unspecified atom stereocenters. The van der Waals surface area contributed by atoms with Gasteiger partial charge >= 0.3 is 0 Å². The maximum atomic E-state index is 12.7. The molecule has 0 aliphatic carbocycles. The maximum Gasteiger partial charge on any atom is 0.251 e. The van der Waals surface area contributed by atoms with Crippen LogP contribution in [0.25, 0.3) is 0 Å². The molecule has 1 aromatic carbocycles. The number of anilines is 1. The highest BCUT2D eigenvalue weighted by molar-refractivity contribution is 9.09. The fourth-order valence-corrected chi connectivity index (χ4v) is 3.23. The molecule has 23 heavy (non-hydrogen) atoms. The second kappa shape index (κ2) is 7.90. The molecule has 6 nitrogen and oxygen atoms in total. The molecule has 0 aromatic heterocycles. The van der Waals surface area contributed by atoms with Gasteiger partial charge in [-0.1, -0.05) is 34.1 Å². The lowest BCUT2D eigenvalue weighted by molar-refractivity contribution is -0.125. The Bertz CT molecular complexity index is 577. The Morgan fingerprint density at radius 1 is 1.39 bits per heavy atom. The van der Waals surface area contributed by atoms with E-state index in [9.17, 15) is 9.59 Å². The van der Waals surface area contributed by atoms with Crippen LogP contribution in [0, 0.1) is 0 Å². The van der Waals surface area contributed by atoms with Crippen LogP contribution in [-0.2, 0) is 25.5 Å². The maximum absolute atomic E-state index is 12.7. The molecule has 7 heteroatoms. The van der Waals surface area contributed by atoms with Gasteiger partial charge in [-0.15, -0.1) is 0 Å². The van der Waals surface area contributed by atoms with Gasteiger partial charge in [0.25, 0.3) is 5.91 Å². The van der Waals surface area contributed by atoms with Crippen LogP contribution in [0.15, 0.2) is 24.3 Å². The normalized spacial score (nSPS) is 20.6. The second-order valence-electron chi connectivity index (χ2n) is 5.48. The van der Waals surface area contributed by atoms with Gasteiger partial charge in [0.1, 0.15) is 5.54 Å². The third-order valence-corrected chi connectivity index (χ3v) is 4.96. The summed E-state index contributed by atoms with van der Waals surface area (Å²) in [5.41, 5.74) is 0.702. The lowest BCUT2D eigenvalue weighted by Crippen LogP contribution is -2.53. The first-order chi connectivity index (χ1) is 11.0. The predicted octanol–water partition coefficient (Wildman–Crippen LogP) is 1.83. The van der Waals surface area contributed by atoms with E-state index in [0.29, 0.717) is 30.3 Å². The summed E-state index contributed by atoms with van der Waals surface area (Å²) in [6.07, 6.45) is 0.959. The van der Waals surface area contributed by atoms with Gasteiger partial charge in [0.05, 0.1) is 0 Å². The highest BCUT2D eigenvalue weighted by Crippen LogP contribution is 2.26. The molecule has 1 aromatic rings. The monoisotopic (exact) mass is 384 g/mol. The van der Waals surface area contributed by atoms with E-state index in [-0.39, 0.29) is 18.1 Å². The predicted molar refractivity (Wildman–Crippen MR) is 90.5 cm³/mol. The number of ether oxygens (including phenoxy) is 2. The standard InChI is InChI=1S/C16H21BrN2O4/c1-22-14(23-2)9-11-5-3-4-6-12(11)18-15(21)16(10-17)8-7-13(20)19-16/h3-6,14H,7-10H2,1-2H3,(H,18,21)(H,19,20). The number of hydrogen-bond acceptors (Lipinski definition) is 4. The minimum Gasteiger partial charge on any atom is -0.356 e. The minimum absolute atomic E-state index is 0.105. The van der Waals surface area contributed by atoms with E-state index < -0.39 is 5.54 Å². The van der Waals surface area contributed by atoms with Crippen molar-refractivity contribution in [3.63, 3.8) is 0 Å². The van der Waals surface area contributed by atoms with E-state index >= 15 is 0 Å². The number of carbonyl (C=O) groups excluding carboxylic acids is 2. The molecule has 0 spiro atoms. The zero-order chi connectivity index (χ0) is 16.9. The first kappa shape index (κ1) is 17.9. The fraction of sp³-hybridized carbons (Fsp3) is 0.500. The lowest BCUT2D eigenvalue weighted by atomic mass is 9.98. The van der Waals surface area contributed by atoms with Crippen molar-refractivity contribution in [2.24, 2.45) is 0 Å². The number of nitrogens with one attached hydrogen (secondary N) is 2. The van der Waals surface area contributed by atoms with Crippen LogP contribution in [0.1, 0.15) is 18.4 Å². The Labute approximate surface area is 144 Å². The largest absolute Gasteiger partial charge is 0.356 e. The van der Waals surface area contributed by atoms with Crippen LogP contribution in [0.4, 0.5) is 5.69 Å². The van der Waals surface area contributed by atoms with E-state index in [1.165, 1.54) is 0 Å². The van der Waals surface area contributed by atoms with Crippen molar-refractivity contribution in [1.29, 1.82) is 0 Å². The topological polar surface area (TPSA) is 76.7 Å². The summed E-state index contributed by atoms with van der Waals surface area (Å²) in [6.45, 7) is 0. The number of methoxy groups -OCH3 is 2. The molecule has 2 N–H and O–H groups in total. The molecule has 1 atom stereocenters. The molecule has 126 valence electrons. The van der Waals surface area contributed by atoms with Gasteiger partial charge in [-0.2, -0.15) is 0 Å². The van der Waals surface area contributed by atoms with Gasteiger partial charge in [-0.3, -0.25) is 9.59 Å². The fourth-order valence-electron chi connectivity index (χ4n) is 2.55. The Kier molecular flexibility index (Phi) is 6.15. The molecular formula is C16H21BrN2O4. The van der Waals surface area contributed by atoms with Crippen LogP contribution in [0.3, 0.4) is 0 Å². The van der Waals surface area contributed by atoms with Gasteiger partial charge in [-0.05, 0) is 18.1 Å². The van der Waals surface area contributed by atoms with E-state index in [1.807, 2.05) is 24.3 Å². The van der Waals surface area contributed by atoms with Crippen LogP contribution in [-0.4, -0.2) is 43.2 Å². The van der Waals surface area contributed by atoms with Gasteiger partial charge < -0.3 is 20.1 Å². The Hall–Kier alpha value is -1.44. The minimum atomic E-state index is -0.897. The number of benzene rings is 1. The summed E-state index contributed by atoms with van der Waals surface area (Å²) < 4.78 is 10.4. The molecule has 2 amide bonds. The highest BCUT2D eigenvalue weighted by atomic mass is 79.9. The Balaban J connectivity index is 2.16. The quantitative estimate of drug-likeness (QED) is 0.555. The summed E-state index contributed by atoms with van der Waals surface area (Å²) in [7, 11) is 3.15. The van der Waals surface area contributed by atoms with Crippen molar-refractivity contribution in [2.75, 3.05) is 24.9 Å². The van der Waals surface area contributed by atoms with Crippen LogP contribution in [0.2, 0.25) is 0 Å². The number of carbonyl (C=O) groups is 2. The number of halogens is 1. The first-order valence-electron chi connectivity index (χ1n) is 7.36.